The first-order chi connectivity index (χ1) is 7.57. The molecule has 0 aromatic heterocycles. The third-order valence-electron chi connectivity index (χ3n) is 2.49. The lowest BCUT2D eigenvalue weighted by molar-refractivity contribution is -0.144. The van der Waals surface area contributed by atoms with E-state index in [4.69, 9.17) is 0 Å². The fraction of sp³-hybridized carbons (Fsp3) is 0.455. The molecule has 1 rings (SSSR count). The summed E-state index contributed by atoms with van der Waals surface area (Å²) in [7, 11) is 0. The molecule has 0 heterocycles. The SMILES string of the molecule is CCc1cc(C(F)(F)F)c(C)c(C(F)(F)F)c1. The monoisotopic (exact) mass is 256 g/mol. The first-order valence-corrected chi connectivity index (χ1v) is 4.85. The Morgan fingerprint density at radius 1 is 0.882 bits per heavy atom. The van der Waals surface area contributed by atoms with E-state index in [0.29, 0.717) is 0 Å². The van der Waals surface area contributed by atoms with Gasteiger partial charge in [-0.15, -0.1) is 0 Å². The fourth-order valence-corrected chi connectivity index (χ4v) is 1.57. The number of alkyl halides is 6. The zero-order valence-electron chi connectivity index (χ0n) is 9.13. The minimum atomic E-state index is -4.77. The Balaban J connectivity index is 3.53. The van der Waals surface area contributed by atoms with Crippen molar-refractivity contribution in [3.05, 3.63) is 34.4 Å². The van der Waals surface area contributed by atoms with Gasteiger partial charge in [0.2, 0.25) is 0 Å². The van der Waals surface area contributed by atoms with Crippen molar-refractivity contribution in [3.63, 3.8) is 0 Å². The summed E-state index contributed by atoms with van der Waals surface area (Å²) in [5.41, 5.74) is -3.19. The molecule has 0 bridgehead atoms. The van der Waals surface area contributed by atoms with E-state index >= 15 is 0 Å². The molecule has 0 aliphatic heterocycles. The topological polar surface area (TPSA) is 0 Å². The summed E-state index contributed by atoms with van der Waals surface area (Å²) in [5.74, 6) is 0. The maximum absolute atomic E-state index is 12.6. The van der Waals surface area contributed by atoms with Crippen LogP contribution in [0.3, 0.4) is 0 Å². The van der Waals surface area contributed by atoms with Crippen LogP contribution in [0.5, 0.6) is 0 Å². The van der Waals surface area contributed by atoms with Gasteiger partial charge in [-0.1, -0.05) is 6.92 Å². The van der Waals surface area contributed by atoms with Crippen molar-refractivity contribution in [2.75, 3.05) is 0 Å². The number of aryl methyl sites for hydroxylation is 1. The van der Waals surface area contributed by atoms with Crippen LogP contribution in [0.1, 0.15) is 29.2 Å². The molecule has 1 aromatic rings. The molecule has 6 heteroatoms. The molecule has 17 heavy (non-hydrogen) atoms. The summed E-state index contributed by atoms with van der Waals surface area (Å²) >= 11 is 0. The summed E-state index contributed by atoms with van der Waals surface area (Å²) in [6.07, 6.45) is -9.42. The highest BCUT2D eigenvalue weighted by atomic mass is 19.4. The van der Waals surface area contributed by atoms with Crippen LogP contribution in [-0.2, 0) is 18.8 Å². The summed E-state index contributed by atoms with van der Waals surface area (Å²) in [4.78, 5) is 0. The van der Waals surface area contributed by atoms with Crippen molar-refractivity contribution >= 4 is 0 Å². The van der Waals surface area contributed by atoms with E-state index in [1.807, 2.05) is 0 Å². The van der Waals surface area contributed by atoms with E-state index in [9.17, 15) is 26.3 Å². The van der Waals surface area contributed by atoms with Crippen molar-refractivity contribution < 1.29 is 26.3 Å². The summed E-state index contributed by atoms with van der Waals surface area (Å²) in [6.45, 7) is 2.34. The Morgan fingerprint density at radius 3 is 1.47 bits per heavy atom. The molecule has 0 atom stereocenters. The number of halogens is 6. The van der Waals surface area contributed by atoms with E-state index in [1.165, 1.54) is 6.92 Å². The van der Waals surface area contributed by atoms with Crippen molar-refractivity contribution in [2.24, 2.45) is 0 Å². The zero-order chi connectivity index (χ0) is 13.4. The smallest absolute Gasteiger partial charge is 0.166 e. The van der Waals surface area contributed by atoms with Gasteiger partial charge >= 0.3 is 12.4 Å². The van der Waals surface area contributed by atoms with Crippen LogP contribution in [-0.4, -0.2) is 0 Å². The second-order valence-corrected chi connectivity index (χ2v) is 3.67. The number of rotatable bonds is 1. The standard InChI is InChI=1S/C11H10F6/c1-3-7-4-8(10(12,13)14)6(2)9(5-7)11(15,16)17/h4-5H,3H2,1-2H3. The summed E-state index contributed by atoms with van der Waals surface area (Å²) in [6, 6.07) is 1.54. The predicted molar refractivity (Wildman–Crippen MR) is 50.6 cm³/mol. The Kier molecular flexibility index (Phi) is 3.45. The quantitative estimate of drug-likeness (QED) is 0.644. The maximum Gasteiger partial charge on any atom is 0.416 e. The average Bonchev–Trinajstić information content (AvgIpc) is 2.14. The van der Waals surface area contributed by atoms with Crippen molar-refractivity contribution in [1.82, 2.24) is 0 Å². The lowest BCUT2D eigenvalue weighted by Crippen LogP contribution is -2.15. The predicted octanol–water partition coefficient (Wildman–Crippen LogP) is 4.60. The first-order valence-electron chi connectivity index (χ1n) is 4.85. The molecule has 0 amide bonds. The molecule has 0 nitrogen and oxygen atoms in total. The average molecular weight is 256 g/mol. The molecule has 0 saturated carbocycles. The van der Waals surface area contributed by atoms with Gasteiger partial charge in [0.25, 0.3) is 0 Å². The van der Waals surface area contributed by atoms with Crippen LogP contribution in [0, 0.1) is 6.92 Å². The maximum atomic E-state index is 12.6. The third kappa shape index (κ3) is 2.92. The lowest BCUT2D eigenvalue weighted by atomic mass is 9.97. The number of hydrogen-bond acceptors (Lipinski definition) is 0. The molecule has 0 unspecified atom stereocenters. The van der Waals surface area contributed by atoms with Gasteiger partial charge in [0.15, 0.2) is 0 Å². The van der Waals surface area contributed by atoms with E-state index < -0.39 is 29.0 Å². The molecule has 0 radical (unpaired) electrons. The van der Waals surface area contributed by atoms with Gasteiger partial charge in [-0.25, -0.2) is 0 Å². The van der Waals surface area contributed by atoms with Gasteiger partial charge in [0.05, 0.1) is 11.1 Å². The van der Waals surface area contributed by atoms with Gasteiger partial charge in [-0.3, -0.25) is 0 Å². The molecule has 0 spiro atoms. The first kappa shape index (κ1) is 13.9. The molecular formula is C11H10F6. The Hall–Kier alpha value is -1.20. The molecule has 0 aliphatic rings. The second kappa shape index (κ2) is 4.23. The molecular weight excluding hydrogens is 246 g/mol. The highest BCUT2D eigenvalue weighted by Gasteiger charge is 2.39. The third-order valence-corrected chi connectivity index (χ3v) is 2.49. The van der Waals surface area contributed by atoms with E-state index in [1.54, 1.807) is 0 Å². The molecule has 96 valence electrons. The van der Waals surface area contributed by atoms with Crippen LogP contribution < -0.4 is 0 Å². The number of hydrogen-bond donors (Lipinski definition) is 0. The highest BCUT2D eigenvalue weighted by molar-refractivity contribution is 5.41. The normalized spacial score (nSPS) is 12.9. The number of benzene rings is 1. The lowest BCUT2D eigenvalue weighted by Gasteiger charge is -2.17. The molecule has 0 aliphatic carbocycles. The molecule has 0 N–H and O–H groups in total. The van der Waals surface area contributed by atoms with Crippen LogP contribution in [0.15, 0.2) is 12.1 Å². The van der Waals surface area contributed by atoms with Crippen molar-refractivity contribution in [3.8, 4) is 0 Å². The van der Waals surface area contributed by atoms with E-state index in [0.717, 1.165) is 19.1 Å². The molecule has 0 fully saturated rings. The molecule has 1 aromatic carbocycles. The Labute approximate surface area is 94.2 Å². The minimum absolute atomic E-state index is 0.0234. The summed E-state index contributed by atoms with van der Waals surface area (Å²) in [5, 5.41) is 0. The second-order valence-electron chi connectivity index (χ2n) is 3.67. The van der Waals surface area contributed by atoms with Gasteiger partial charge in [-0.05, 0) is 36.6 Å². The summed E-state index contributed by atoms with van der Waals surface area (Å²) < 4.78 is 75.4. The highest BCUT2D eigenvalue weighted by Crippen LogP contribution is 2.39. The Bertz CT molecular complexity index is 378. The molecule has 0 saturated heterocycles. The van der Waals surface area contributed by atoms with Crippen molar-refractivity contribution in [1.29, 1.82) is 0 Å². The van der Waals surface area contributed by atoms with Crippen LogP contribution in [0.25, 0.3) is 0 Å². The van der Waals surface area contributed by atoms with Gasteiger partial charge in [0.1, 0.15) is 0 Å². The van der Waals surface area contributed by atoms with Gasteiger partial charge < -0.3 is 0 Å². The van der Waals surface area contributed by atoms with Crippen LogP contribution in [0.2, 0.25) is 0 Å². The van der Waals surface area contributed by atoms with E-state index in [2.05, 4.69) is 0 Å². The minimum Gasteiger partial charge on any atom is -0.166 e. The van der Waals surface area contributed by atoms with E-state index in [-0.39, 0.29) is 12.0 Å². The van der Waals surface area contributed by atoms with Gasteiger partial charge in [-0.2, -0.15) is 26.3 Å². The fourth-order valence-electron chi connectivity index (χ4n) is 1.57. The van der Waals surface area contributed by atoms with Crippen LogP contribution >= 0.6 is 0 Å². The van der Waals surface area contributed by atoms with Crippen molar-refractivity contribution in [2.45, 2.75) is 32.6 Å². The van der Waals surface area contributed by atoms with Gasteiger partial charge in [0, 0.05) is 0 Å². The Morgan fingerprint density at radius 2 is 1.24 bits per heavy atom. The zero-order valence-corrected chi connectivity index (χ0v) is 9.13. The van der Waals surface area contributed by atoms with Crippen LogP contribution in [0.4, 0.5) is 26.3 Å². The largest absolute Gasteiger partial charge is 0.416 e.